The summed E-state index contributed by atoms with van der Waals surface area (Å²) in [6, 6.07) is 16.2. The number of methoxy groups -OCH3 is 1. The summed E-state index contributed by atoms with van der Waals surface area (Å²) in [7, 11) is 1.67. The van der Waals surface area contributed by atoms with Crippen molar-refractivity contribution in [2.45, 2.75) is 18.5 Å². The molecule has 3 aromatic rings. The molecule has 0 bridgehead atoms. The minimum absolute atomic E-state index is 0.0856. The number of hydrogen-bond donors (Lipinski definition) is 1. The molecule has 2 aromatic carbocycles. The molecular formula is C18H17ClN4O. The summed E-state index contributed by atoms with van der Waals surface area (Å²) < 4.78 is 7.18. The average Bonchev–Trinajstić information content (AvgIpc) is 3.10. The largest absolute Gasteiger partial charge is 0.497 e. The van der Waals surface area contributed by atoms with Gasteiger partial charge >= 0.3 is 0 Å². The van der Waals surface area contributed by atoms with Gasteiger partial charge in [0.15, 0.2) is 0 Å². The van der Waals surface area contributed by atoms with Crippen molar-refractivity contribution in [2.24, 2.45) is 0 Å². The first-order valence-corrected chi connectivity index (χ1v) is 8.18. The number of nitrogens with one attached hydrogen (secondary N) is 1. The SMILES string of the molecule is COc1ccc([C@@H]2C[C@H](c3ccccc3Cl)Nc3ncnn32)cc1. The Balaban J connectivity index is 1.72. The molecule has 122 valence electrons. The second-order valence-electron chi connectivity index (χ2n) is 5.77. The van der Waals surface area contributed by atoms with E-state index < -0.39 is 0 Å². The second kappa shape index (κ2) is 6.17. The minimum Gasteiger partial charge on any atom is -0.497 e. The second-order valence-corrected chi connectivity index (χ2v) is 6.18. The fourth-order valence-corrected chi connectivity index (χ4v) is 3.45. The molecule has 5 nitrogen and oxygen atoms in total. The Hall–Kier alpha value is -2.53. The zero-order valence-electron chi connectivity index (χ0n) is 13.2. The average molecular weight is 341 g/mol. The Morgan fingerprint density at radius 2 is 1.96 bits per heavy atom. The van der Waals surface area contributed by atoms with Gasteiger partial charge in [0.05, 0.1) is 19.2 Å². The van der Waals surface area contributed by atoms with Crippen molar-refractivity contribution < 1.29 is 4.74 Å². The van der Waals surface area contributed by atoms with Gasteiger partial charge in [-0.2, -0.15) is 10.1 Å². The summed E-state index contributed by atoms with van der Waals surface area (Å²) in [6.07, 6.45) is 2.42. The molecule has 0 unspecified atom stereocenters. The van der Waals surface area contributed by atoms with Gasteiger partial charge in [-0.3, -0.25) is 0 Å². The van der Waals surface area contributed by atoms with Crippen molar-refractivity contribution in [1.29, 1.82) is 0 Å². The molecule has 2 heterocycles. The molecule has 2 atom stereocenters. The first-order valence-electron chi connectivity index (χ1n) is 7.80. The molecule has 0 radical (unpaired) electrons. The van der Waals surface area contributed by atoms with Crippen LogP contribution in [0.5, 0.6) is 5.75 Å². The Morgan fingerprint density at radius 3 is 2.71 bits per heavy atom. The third-order valence-corrected chi connectivity index (χ3v) is 4.76. The first kappa shape index (κ1) is 15.0. The van der Waals surface area contributed by atoms with Gasteiger partial charge in [0.25, 0.3) is 0 Å². The number of rotatable bonds is 3. The Morgan fingerprint density at radius 1 is 1.17 bits per heavy atom. The fraction of sp³-hybridized carbons (Fsp3) is 0.222. The van der Waals surface area contributed by atoms with Gasteiger partial charge in [-0.15, -0.1) is 0 Å². The fourth-order valence-electron chi connectivity index (χ4n) is 3.19. The van der Waals surface area contributed by atoms with Crippen LogP contribution in [0.25, 0.3) is 0 Å². The van der Waals surface area contributed by atoms with Crippen LogP contribution in [0.2, 0.25) is 5.02 Å². The van der Waals surface area contributed by atoms with Gasteiger partial charge in [0.1, 0.15) is 12.1 Å². The molecular weight excluding hydrogens is 324 g/mol. The highest BCUT2D eigenvalue weighted by Gasteiger charge is 2.30. The molecule has 1 aliphatic rings. The number of aromatic nitrogens is 3. The van der Waals surface area contributed by atoms with E-state index in [4.69, 9.17) is 16.3 Å². The predicted octanol–water partition coefficient (Wildman–Crippen LogP) is 4.09. The number of ether oxygens (including phenoxy) is 1. The number of halogens is 1. The van der Waals surface area contributed by atoms with E-state index in [9.17, 15) is 0 Å². The van der Waals surface area contributed by atoms with Crippen LogP contribution in [-0.4, -0.2) is 21.9 Å². The summed E-state index contributed by atoms with van der Waals surface area (Å²) in [6.45, 7) is 0. The van der Waals surface area contributed by atoms with Gasteiger partial charge < -0.3 is 10.1 Å². The normalized spacial score (nSPS) is 19.4. The summed E-state index contributed by atoms with van der Waals surface area (Å²) in [5.41, 5.74) is 2.24. The van der Waals surface area contributed by atoms with E-state index in [-0.39, 0.29) is 12.1 Å². The van der Waals surface area contributed by atoms with E-state index >= 15 is 0 Å². The van der Waals surface area contributed by atoms with Gasteiger partial charge in [-0.25, -0.2) is 4.68 Å². The molecule has 4 rings (SSSR count). The van der Waals surface area contributed by atoms with Crippen LogP contribution in [0.4, 0.5) is 5.95 Å². The van der Waals surface area contributed by atoms with E-state index in [0.717, 1.165) is 28.7 Å². The minimum atomic E-state index is 0.0856. The lowest BCUT2D eigenvalue weighted by molar-refractivity contribution is 0.411. The number of fused-ring (bicyclic) bond motifs is 1. The molecule has 24 heavy (non-hydrogen) atoms. The third-order valence-electron chi connectivity index (χ3n) is 4.41. The standard InChI is InChI=1S/C18H17ClN4O/c1-24-13-8-6-12(7-9-13)17-10-16(14-4-2-3-5-15(14)19)22-18-20-11-21-23(17)18/h2-9,11,16-17H,10H2,1H3,(H,20,21,22)/t16-,17+/m1/s1. The Labute approximate surface area is 145 Å². The monoisotopic (exact) mass is 340 g/mol. The zero-order chi connectivity index (χ0) is 16.5. The molecule has 1 N–H and O–H groups in total. The van der Waals surface area contributed by atoms with Crippen molar-refractivity contribution in [3.63, 3.8) is 0 Å². The van der Waals surface area contributed by atoms with Crippen molar-refractivity contribution in [3.8, 4) is 5.75 Å². The van der Waals surface area contributed by atoms with Gasteiger partial charge in [-0.1, -0.05) is 41.9 Å². The van der Waals surface area contributed by atoms with E-state index in [1.165, 1.54) is 5.56 Å². The Kier molecular flexibility index (Phi) is 3.86. The highest BCUT2D eigenvalue weighted by Crippen LogP contribution is 2.39. The van der Waals surface area contributed by atoms with Gasteiger partial charge in [0, 0.05) is 5.02 Å². The van der Waals surface area contributed by atoms with Crippen molar-refractivity contribution in [3.05, 3.63) is 71.0 Å². The van der Waals surface area contributed by atoms with Crippen LogP contribution in [0, 0.1) is 0 Å². The number of nitrogens with zero attached hydrogens (tertiary/aromatic N) is 3. The number of anilines is 1. The van der Waals surface area contributed by atoms with Crippen molar-refractivity contribution in [1.82, 2.24) is 14.8 Å². The number of hydrogen-bond acceptors (Lipinski definition) is 4. The summed E-state index contributed by atoms with van der Waals surface area (Å²) >= 11 is 6.39. The van der Waals surface area contributed by atoms with Crippen LogP contribution >= 0.6 is 11.6 Å². The topological polar surface area (TPSA) is 52.0 Å². The summed E-state index contributed by atoms with van der Waals surface area (Å²) in [5, 5.41) is 8.58. The van der Waals surface area contributed by atoms with Crippen molar-refractivity contribution in [2.75, 3.05) is 12.4 Å². The zero-order valence-corrected chi connectivity index (χ0v) is 13.9. The van der Waals surface area contributed by atoms with Crippen LogP contribution < -0.4 is 10.1 Å². The molecule has 0 saturated heterocycles. The lowest BCUT2D eigenvalue weighted by Crippen LogP contribution is -2.28. The molecule has 0 fully saturated rings. The maximum absolute atomic E-state index is 6.39. The van der Waals surface area contributed by atoms with Gasteiger partial charge in [-0.05, 0) is 35.7 Å². The lowest BCUT2D eigenvalue weighted by Gasteiger charge is -2.32. The van der Waals surface area contributed by atoms with Crippen LogP contribution in [0.15, 0.2) is 54.9 Å². The molecule has 1 aromatic heterocycles. The summed E-state index contributed by atoms with van der Waals surface area (Å²) in [5.74, 6) is 1.60. The smallest absolute Gasteiger partial charge is 0.222 e. The van der Waals surface area contributed by atoms with E-state index in [0.29, 0.717) is 0 Å². The molecule has 0 amide bonds. The van der Waals surface area contributed by atoms with Crippen LogP contribution in [0.3, 0.4) is 0 Å². The quantitative estimate of drug-likeness (QED) is 0.780. The molecule has 0 spiro atoms. The highest BCUT2D eigenvalue weighted by molar-refractivity contribution is 6.31. The van der Waals surface area contributed by atoms with Crippen LogP contribution in [-0.2, 0) is 0 Å². The molecule has 1 aliphatic heterocycles. The van der Waals surface area contributed by atoms with Gasteiger partial charge in [0.2, 0.25) is 5.95 Å². The third kappa shape index (κ3) is 2.61. The van der Waals surface area contributed by atoms with Crippen molar-refractivity contribution >= 4 is 17.5 Å². The molecule has 0 saturated carbocycles. The first-order chi connectivity index (χ1) is 11.8. The molecule has 6 heteroatoms. The predicted molar refractivity (Wildman–Crippen MR) is 93.6 cm³/mol. The van der Waals surface area contributed by atoms with E-state index in [1.807, 2.05) is 35.0 Å². The van der Waals surface area contributed by atoms with E-state index in [1.54, 1.807) is 13.4 Å². The van der Waals surface area contributed by atoms with E-state index in [2.05, 4.69) is 33.6 Å². The van der Waals surface area contributed by atoms with Crippen LogP contribution in [0.1, 0.15) is 29.6 Å². The maximum atomic E-state index is 6.39. The lowest BCUT2D eigenvalue weighted by atomic mass is 9.93. The number of benzene rings is 2. The molecule has 0 aliphatic carbocycles. The maximum Gasteiger partial charge on any atom is 0.222 e. The Bertz CT molecular complexity index is 846. The summed E-state index contributed by atoms with van der Waals surface area (Å²) in [4.78, 5) is 4.34. The highest BCUT2D eigenvalue weighted by atomic mass is 35.5.